The monoisotopic (exact) mass is 554 g/mol. The molecule has 4 aromatic rings. The average molecular weight is 555 g/mol. The topological polar surface area (TPSA) is 96.7 Å². The third-order valence-corrected chi connectivity index (χ3v) is 7.28. The Morgan fingerprint density at radius 3 is 2.70 bits per heavy atom. The molecule has 1 fully saturated rings. The minimum Gasteiger partial charge on any atom is -0.465 e. The largest absolute Gasteiger partial charge is 0.465 e. The molecule has 2 aromatic carbocycles. The molecule has 0 aliphatic carbocycles. The van der Waals surface area contributed by atoms with E-state index in [-0.39, 0.29) is 24.4 Å². The molecule has 2 atom stereocenters. The average Bonchev–Trinajstić information content (AvgIpc) is 3.58. The highest BCUT2D eigenvalue weighted by Gasteiger charge is 2.41. The van der Waals surface area contributed by atoms with Crippen LogP contribution in [0.25, 0.3) is 11.3 Å². The first-order chi connectivity index (χ1) is 19.3. The number of esters is 1. The van der Waals surface area contributed by atoms with Crippen LogP contribution < -0.4 is 10.6 Å². The van der Waals surface area contributed by atoms with Crippen LogP contribution in [0.2, 0.25) is 0 Å². The van der Waals surface area contributed by atoms with Crippen molar-refractivity contribution < 1.29 is 18.7 Å². The highest BCUT2D eigenvalue weighted by Crippen LogP contribution is 2.40. The maximum absolute atomic E-state index is 13.0. The highest BCUT2D eigenvalue weighted by atomic mass is 32.1. The molecule has 1 aliphatic heterocycles. The molecule has 0 radical (unpaired) electrons. The van der Waals surface area contributed by atoms with E-state index in [4.69, 9.17) is 21.4 Å². The lowest BCUT2D eigenvalue weighted by molar-refractivity contribution is -0.116. The van der Waals surface area contributed by atoms with Crippen molar-refractivity contribution in [1.82, 2.24) is 15.2 Å². The van der Waals surface area contributed by atoms with Crippen molar-refractivity contribution in [3.8, 4) is 11.3 Å². The summed E-state index contributed by atoms with van der Waals surface area (Å²) in [5.74, 6) is 0.748. The summed E-state index contributed by atoms with van der Waals surface area (Å²) in [6.07, 6.45) is 1.97. The molecule has 0 saturated carbocycles. The molecule has 1 amide bonds. The smallest absolute Gasteiger partial charge is 0.337 e. The molecule has 0 bridgehead atoms. The molecule has 2 unspecified atom stereocenters. The number of aryl methyl sites for hydroxylation is 2. The molecule has 3 heterocycles. The molecule has 9 heteroatoms. The van der Waals surface area contributed by atoms with E-state index < -0.39 is 5.97 Å². The van der Waals surface area contributed by atoms with Crippen LogP contribution in [0.15, 0.2) is 83.4 Å². The van der Waals surface area contributed by atoms with E-state index in [0.29, 0.717) is 28.7 Å². The molecule has 2 N–H and O–H groups in total. The van der Waals surface area contributed by atoms with Gasteiger partial charge in [-0.15, -0.1) is 0 Å². The lowest BCUT2D eigenvalue weighted by Crippen LogP contribution is -2.32. The number of nitrogens with one attached hydrogen (secondary N) is 2. The summed E-state index contributed by atoms with van der Waals surface area (Å²) >= 11 is 5.74. The Hall–Kier alpha value is -4.50. The van der Waals surface area contributed by atoms with Gasteiger partial charge in [0.05, 0.1) is 24.4 Å². The van der Waals surface area contributed by atoms with Gasteiger partial charge in [0.15, 0.2) is 5.11 Å². The number of methoxy groups -OCH3 is 1. The number of pyridine rings is 1. The number of anilines is 1. The SMILES string of the molecule is COC(=O)c1cccc(-c2ccc(C3C(c4ccccn4)NC(=S)N3CCC(=O)Nc3cc(C)ccc3C)o2)c1. The highest BCUT2D eigenvalue weighted by molar-refractivity contribution is 7.80. The second kappa shape index (κ2) is 11.7. The van der Waals surface area contributed by atoms with Gasteiger partial charge >= 0.3 is 5.97 Å². The van der Waals surface area contributed by atoms with Crippen LogP contribution in [-0.2, 0) is 9.53 Å². The first-order valence-electron chi connectivity index (χ1n) is 13.0. The third-order valence-electron chi connectivity index (χ3n) is 6.93. The number of furan rings is 1. The van der Waals surface area contributed by atoms with Crippen molar-refractivity contribution in [3.63, 3.8) is 0 Å². The first-order valence-corrected chi connectivity index (χ1v) is 13.4. The fraction of sp³-hybridized carbons (Fsp3) is 0.226. The Morgan fingerprint density at radius 1 is 1.07 bits per heavy atom. The maximum atomic E-state index is 13.0. The first kappa shape index (κ1) is 27.1. The van der Waals surface area contributed by atoms with E-state index in [9.17, 15) is 9.59 Å². The van der Waals surface area contributed by atoms with Crippen LogP contribution in [-0.4, -0.2) is 40.5 Å². The van der Waals surface area contributed by atoms with Gasteiger partial charge in [-0.3, -0.25) is 9.78 Å². The summed E-state index contributed by atoms with van der Waals surface area (Å²) in [5, 5.41) is 6.93. The number of rotatable bonds is 8. The molecule has 2 aromatic heterocycles. The summed E-state index contributed by atoms with van der Waals surface area (Å²) in [4.78, 5) is 31.5. The van der Waals surface area contributed by atoms with Crippen LogP contribution in [0, 0.1) is 13.8 Å². The van der Waals surface area contributed by atoms with Crippen LogP contribution >= 0.6 is 12.2 Å². The number of hydrogen-bond donors (Lipinski definition) is 2. The molecule has 5 rings (SSSR count). The van der Waals surface area contributed by atoms with Crippen LogP contribution in [0.4, 0.5) is 5.69 Å². The number of nitrogens with zero attached hydrogens (tertiary/aromatic N) is 2. The standard InChI is InChI=1S/C31H30N4O4S/c1-19-10-11-20(2)24(17-19)33-27(36)14-16-35-29(28(34-31(35)40)23-9-4-5-15-32-23)26-13-12-25(39-26)21-7-6-8-22(18-21)30(37)38-3/h4-13,15,17-18,28-29H,14,16H2,1-3H3,(H,33,36)(H,34,40). The number of carbonyl (C=O) groups is 2. The van der Waals surface area contributed by atoms with E-state index in [0.717, 1.165) is 28.1 Å². The van der Waals surface area contributed by atoms with Gasteiger partial charge in [-0.2, -0.15) is 0 Å². The summed E-state index contributed by atoms with van der Waals surface area (Å²) in [5.41, 5.74) is 4.88. The predicted octanol–water partition coefficient (Wildman–Crippen LogP) is 5.75. The molecular weight excluding hydrogens is 524 g/mol. The van der Waals surface area contributed by atoms with Crippen molar-refractivity contribution >= 4 is 34.9 Å². The second-order valence-corrected chi connectivity index (χ2v) is 10.1. The van der Waals surface area contributed by atoms with Gasteiger partial charge in [-0.25, -0.2) is 4.79 Å². The molecule has 40 heavy (non-hydrogen) atoms. The van der Waals surface area contributed by atoms with Gasteiger partial charge in [0.25, 0.3) is 0 Å². The predicted molar refractivity (Wildman–Crippen MR) is 157 cm³/mol. The van der Waals surface area contributed by atoms with Gasteiger partial charge in [-0.05, 0) is 79.7 Å². The van der Waals surface area contributed by atoms with E-state index in [2.05, 4.69) is 15.6 Å². The minimum absolute atomic E-state index is 0.101. The van der Waals surface area contributed by atoms with Gasteiger partial charge in [0.1, 0.15) is 17.6 Å². The van der Waals surface area contributed by atoms with Gasteiger partial charge < -0.3 is 24.7 Å². The minimum atomic E-state index is -0.417. The van der Waals surface area contributed by atoms with Crippen LogP contribution in [0.3, 0.4) is 0 Å². The van der Waals surface area contributed by atoms with Gasteiger partial charge in [0.2, 0.25) is 5.91 Å². The molecule has 204 valence electrons. The summed E-state index contributed by atoms with van der Waals surface area (Å²) in [7, 11) is 1.35. The van der Waals surface area contributed by atoms with Crippen molar-refractivity contribution in [1.29, 1.82) is 0 Å². The van der Waals surface area contributed by atoms with E-state index in [1.165, 1.54) is 7.11 Å². The fourth-order valence-corrected chi connectivity index (χ4v) is 5.18. The van der Waals surface area contributed by atoms with Crippen molar-refractivity contribution in [2.75, 3.05) is 19.0 Å². The number of hydrogen-bond acceptors (Lipinski definition) is 6. The number of carbonyl (C=O) groups excluding carboxylic acids is 2. The second-order valence-electron chi connectivity index (χ2n) is 9.71. The fourth-order valence-electron chi connectivity index (χ4n) is 4.84. The van der Waals surface area contributed by atoms with Crippen molar-refractivity contribution in [2.45, 2.75) is 32.4 Å². The Morgan fingerprint density at radius 2 is 1.93 bits per heavy atom. The number of benzene rings is 2. The molecule has 1 saturated heterocycles. The Balaban J connectivity index is 1.41. The Kier molecular flexibility index (Phi) is 7.93. The lowest BCUT2D eigenvalue weighted by atomic mass is 10.0. The molecular formula is C31H30N4O4S. The third kappa shape index (κ3) is 5.74. The van der Waals surface area contributed by atoms with Crippen LogP contribution in [0.5, 0.6) is 0 Å². The van der Waals surface area contributed by atoms with Crippen molar-refractivity contribution in [3.05, 3.63) is 107 Å². The normalized spacial score (nSPS) is 16.5. The Bertz CT molecular complexity index is 1550. The quantitative estimate of drug-likeness (QED) is 0.210. The molecule has 1 aliphatic rings. The maximum Gasteiger partial charge on any atom is 0.337 e. The number of ether oxygens (including phenoxy) is 1. The number of aromatic nitrogens is 1. The lowest BCUT2D eigenvalue weighted by Gasteiger charge is -2.26. The number of amides is 1. The zero-order chi connectivity index (χ0) is 28.2. The zero-order valence-corrected chi connectivity index (χ0v) is 23.3. The Labute approximate surface area is 238 Å². The van der Waals surface area contributed by atoms with E-state index in [1.807, 2.05) is 73.3 Å². The van der Waals surface area contributed by atoms with Gasteiger partial charge in [0, 0.05) is 30.4 Å². The number of thiocarbonyl (C=S) groups is 1. The summed E-state index contributed by atoms with van der Waals surface area (Å²) in [6.45, 7) is 4.34. The molecule has 8 nitrogen and oxygen atoms in total. The van der Waals surface area contributed by atoms with E-state index in [1.54, 1.807) is 24.4 Å². The summed E-state index contributed by atoms with van der Waals surface area (Å²) < 4.78 is 11.2. The molecule has 0 spiro atoms. The zero-order valence-electron chi connectivity index (χ0n) is 22.5. The van der Waals surface area contributed by atoms with E-state index >= 15 is 0 Å². The van der Waals surface area contributed by atoms with Crippen molar-refractivity contribution in [2.24, 2.45) is 0 Å². The van der Waals surface area contributed by atoms with Gasteiger partial charge in [-0.1, -0.05) is 30.3 Å². The summed E-state index contributed by atoms with van der Waals surface area (Å²) in [6, 6.07) is 21.9. The van der Waals surface area contributed by atoms with Crippen LogP contribution in [0.1, 0.15) is 51.4 Å².